The summed E-state index contributed by atoms with van der Waals surface area (Å²) in [6.45, 7) is 5.43. The first kappa shape index (κ1) is 12.9. The molecule has 0 bridgehead atoms. The number of anilines is 1. The summed E-state index contributed by atoms with van der Waals surface area (Å²) in [4.78, 5) is 7.19. The third kappa shape index (κ3) is 3.27. The van der Waals surface area contributed by atoms with Crippen molar-refractivity contribution in [1.29, 1.82) is 0 Å². The fraction of sp³-hybridized carbons (Fsp3) is 0.688. The van der Waals surface area contributed by atoms with E-state index in [4.69, 9.17) is 4.98 Å². The van der Waals surface area contributed by atoms with Gasteiger partial charge in [-0.3, -0.25) is 0 Å². The molecule has 1 aromatic heterocycles. The van der Waals surface area contributed by atoms with Crippen LogP contribution >= 0.6 is 0 Å². The van der Waals surface area contributed by atoms with Crippen molar-refractivity contribution < 1.29 is 0 Å². The number of nitrogens with zero attached hydrogens (tertiary/aromatic N) is 2. The summed E-state index contributed by atoms with van der Waals surface area (Å²) in [6, 6.07) is 6.02. The molecule has 0 spiro atoms. The molecule has 0 aliphatic heterocycles. The Labute approximate surface area is 116 Å². The van der Waals surface area contributed by atoms with Gasteiger partial charge in [0.2, 0.25) is 0 Å². The molecule has 3 heteroatoms. The Morgan fingerprint density at radius 1 is 1.26 bits per heavy atom. The second kappa shape index (κ2) is 5.12. The van der Waals surface area contributed by atoms with Crippen LogP contribution in [-0.4, -0.2) is 24.1 Å². The van der Waals surface area contributed by atoms with Crippen LogP contribution in [0.5, 0.6) is 0 Å². The van der Waals surface area contributed by atoms with Crippen molar-refractivity contribution in [2.45, 2.75) is 64.1 Å². The fourth-order valence-corrected chi connectivity index (χ4v) is 2.37. The first-order valence-electron chi connectivity index (χ1n) is 7.60. The van der Waals surface area contributed by atoms with Crippen molar-refractivity contribution in [1.82, 2.24) is 10.3 Å². The van der Waals surface area contributed by atoms with Gasteiger partial charge in [0.15, 0.2) is 0 Å². The second-order valence-electron chi connectivity index (χ2n) is 6.41. The molecule has 104 valence electrons. The summed E-state index contributed by atoms with van der Waals surface area (Å²) in [7, 11) is 2.18. The van der Waals surface area contributed by atoms with E-state index >= 15 is 0 Å². The van der Waals surface area contributed by atoms with Gasteiger partial charge in [-0.1, -0.05) is 13.8 Å². The average molecular weight is 259 g/mol. The zero-order valence-corrected chi connectivity index (χ0v) is 12.3. The first-order chi connectivity index (χ1) is 9.13. The largest absolute Gasteiger partial charge is 0.357 e. The first-order valence-corrected chi connectivity index (χ1v) is 7.60. The SMILES string of the molecule is CC(C)c1cc(CNC2CC2)cc(N(C)C2CC2)n1. The van der Waals surface area contributed by atoms with Crippen LogP contribution in [-0.2, 0) is 6.54 Å². The highest BCUT2D eigenvalue weighted by molar-refractivity contribution is 5.44. The summed E-state index contributed by atoms with van der Waals surface area (Å²) < 4.78 is 0. The summed E-state index contributed by atoms with van der Waals surface area (Å²) in [5.74, 6) is 1.65. The maximum absolute atomic E-state index is 4.83. The van der Waals surface area contributed by atoms with Gasteiger partial charge in [0.1, 0.15) is 5.82 Å². The van der Waals surface area contributed by atoms with Gasteiger partial charge in [-0.2, -0.15) is 0 Å². The lowest BCUT2D eigenvalue weighted by molar-refractivity contribution is 0.683. The number of aromatic nitrogens is 1. The predicted molar refractivity (Wildman–Crippen MR) is 79.6 cm³/mol. The van der Waals surface area contributed by atoms with E-state index in [0.717, 1.165) is 24.4 Å². The number of nitrogens with one attached hydrogen (secondary N) is 1. The topological polar surface area (TPSA) is 28.2 Å². The van der Waals surface area contributed by atoms with Crippen LogP contribution in [0, 0.1) is 0 Å². The third-order valence-electron chi connectivity index (χ3n) is 4.11. The van der Waals surface area contributed by atoms with Crippen LogP contribution in [0.1, 0.15) is 56.7 Å². The molecule has 0 unspecified atom stereocenters. The van der Waals surface area contributed by atoms with E-state index in [9.17, 15) is 0 Å². The van der Waals surface area contributed by atoms with Crippen LogP contribution in [0.25, 0.3) is 0 Å². The molecule has 0 aromatic carbocycles. The van der Waals surface area contributed by atoms with E-state index in [1.54, 1.807) is 0 Å². The van der Waals surface area contributed by atoms with Gasteiger partial charge in [-0.15, -0.1) is 0 Å². The zero-order valence-electron chi connectivity index (χ0n) is 12.3. The van der Waals surface area contributed by atoms with Gasteiger partial charge < -0.3 is 10.2 Å². The molecular formula is C16H25N3. The van der Waals surface area contributed by atoms with Crippen LogP contribution in [0.15, 0.2) is 12.1 Å². The van der Waals surface area contributed by atoms with E-state index in [0.29, 0.717) is 5.92 Å². The quantitative estimate of drug-likeness (QED) is 0.851. The van der Waals surface area contributed by atoms with E-state index in [2.05, 4.69) is 43.2 Å². The smallest absolute Gasteiger partial charge is 0.129 e. The Morgan fingerprint density at radius 2 is 2.00 bits per heavy atom. The molecule has 2 aliphatic carbocycles. The Balaban J connectivity index is 1.79. The molecule has 1 N–H and O–H groups in total. The minimum Gasteiger partial charge on any atom is -0.357 e. The van der Waals surface area contributed by atoms with Crippen LogP contribution in [0.3, 0.4) is 0 Å². The van der Waals surface area contributed by atoms with Gasteiger partial charge >= 0.3 is 0 Å². The molecule has 3 nitrogen and oxygen atoms in total. The highest BCUT2D eigenvalue weighted by Crippen LogP contribution is 2.30. The lowest BCUT2D eigenvalue weighted by Gasteiger charge is -2.20. The molecule has 0 saturated heterocycles. The van der Waals surface area contributed by atoms with Crippen molar-refractivity contribution in [2.75, 3.05) is 11.9 Å². The summed E-state index contributed by atoms with van der Waals surface area (Å²) in [6.07, 6.45) is 5.33. The maximum Gasteiger partial charge on any atom is 0.129 e. The molecule has 3 rings (SSSR count). The lowest BCUT2D eigenvalue weighted by atomic mass is 10.1. The molecule has 1 heterocycles. The molecule has 0 amide bonds. The Hall–Kier alpha value is -1.09. The van der Waals surface area contributed by atoms with Gasteiger partial charge in [0.05, 0.1) is 0 Å². The summed E-state index contributed by atoms with van der Waals surface area (Å²) in [5, 5.41) is 3.60. The Kier molecular flexibility index (Phi) is 3.48. The van der Waals surface area contributed by atoms with E-state index in [1.807, 2.05) is 0 Å². The summed E-state index contributed by atoms with van der Waals surface area (Å²) in [5.41, 5.74) is 2.60. The van der Waals surface area contributed by atoms with E-state index in [1.165, 1.54) is 36.9 Å². The number of pyridine rings is 1. The molecule has 19 heavy (non-hydrogen) atoms. The second-order valence-corrected chi connectivity index (χ2v) is 6.41. The summed E-state index contributed by atoms with van der Waals surface area (Å²) >= 11 is 0. The van der Waals surface area contributed by atoms with Gasteiger partial charge in [-0.25, -0.2) is 4.98 Å². The fourth-order valence-electron chi connectivity index (χ4n) is 2.37. The number of rotatable bonds is 6. The van der Waals surface area contributed by atoms with Crippen molar-refractivity contribution in [3.05, 3.63) is 23.4 Å². The Bertz CT molecular complexity index is 447. The standard InChI is InChI=1S/C16H25N3/c1-11(2)15-8-12(10-17-13-4-5-13)9-16(18-15)19(3)14-6-7-14/h8-9,11,13-14,17H,4-7,10H2,1-3H3. The molecule has 1 aromatic rings. The van der Waals surface area contributed by atoms with Crippen LogP contribution in [0.4, 0.5) is 5.82 Å². The molecular weight excluding hydrogens is 234 g/mol. The lowest BCUT2D eigenvalue weighted by Crippen LogP contribution is -2.22. The maximum atomic E-state index is 4.83. The average Bonchev–Trinajstić information content (AvgIpc) is 3.28. The minimum atomic E-state index is 0.493. The third-order valence-corrected chi connectivity index (χ3v) is 4.11. The van der Waals surface area contributed by atoms with E-state index in [-0.39, 0.29) is 0 Å². The van der Waals surface area contributed by atoms with E-state index < -0.39 is 0 Å². The van der Waals surface area contributed by atoms with Gasteiger partial charge in [0.25, 0.3) is 0 Å². The highest BCUT2D eigenvalue weighted by Gasteiger charge is 2.27. The van der Waals surface area contributed by atoms with Gasteiger partial charge in [0, 0.05) is 31.4 Å². The van der Waals surface area contributed by atoms with Crippen LogP contribution in [0.2, 0.25) is 0 Å². The number of hydrogen-bond acceptors (Lipinski definition) is 3. The molecule has 2 aliphatic rings. The zero-order chi connectivity index (χ0) is 13.4. The monoisotopic (exact) mass is 259 g/mol. The molecule has 0 radical (unpaired) electrons. The minimum absolute atomic E-state index is 0.493. The van der Waals surface area contributed by atoms with Crippen LogP contribution < -0.4 is 10.2 Å². The highest BCUT2D eigenvalue weighted by atomic mass is 15.2. The molecule has 0 atom stereocenters. The number of hydrogen-bond donors (Lipinski definition) is 1. The van der Waals surface area contributed by atoms with Crippen molar-refractivity contribution in [3.8, 4) is 0 Å². The van der Waals surface area contributed by atoms with Crippen molar-refractivity contribution in [3.63, 3.8) is 0 Å². The molecule has 2 saturated carbocycles. The Morgan fingerprint density at radius 3 is 2.58 bits per heavy atom. The van der Waals surface area contributed by atoms with Crippen molar-refractivity contribution in [2.24, 2.45) is 0 Å². The normalized spacial score (nSPS) is 18.9. The van der Waals surface area contributed by atoms with Gasteiger partial charge in [-0.05, 0) is 49.3 Å². The van der Waals surface area contributed by atoms with Crippen molar-refractivity contribution >= 4 is 5.82 Å². The molecule has 2 fully saturated rings. The predicted octanol–water partition coefficient (Wildman–Crippen LogP) is 3.06.